The molecule has 20 heavy (non-hydrogen) atoms. The van der Waals surface area contributed by atoms with Crippen molar-refractivity contribution in [2.75, 3.05) is 13.2 Å². The molecule has 0 rings (SSSR count). The summed E-state index contributed by atoms with van der Waals surface area (Å²) in [7, 11) is 0. The van der Waals surface area contributed by atoms with Crippen molar-refractivity contribution in [1.82, 2.24) is 0 Å². The van der Waals surface area contributed by atoms with Gasteiger partial charge in [0.1, 0.15) is 0 Å². The monoisotopic (exact) mass is 282 g/mol. The van der Waals surface area contributed by atoms with Crippen LogP contribution in [0.15, 0.2) is 12.2 Å². The Hall–Kier alpha value is -0.300. The average Bonchev–Trinajstić information content (AvgIpc) is 2.47. The molecule has 0 saturated carbocycles. The highest BCUT2D eigenvalue weighted by Gasteiger charge is 1.90. The van der Waals surface area contributed by atoms with Crippen molar-refractivity contribution >= 4 is 0 Å². The van der Waals surface area contributed by atoms with E-state index >= 15 is 0 Å². The second-order valence-electron chi connectivity index (χ2n) is 5.78. The lowest BCUT2D eigenvalue weighted by molar-refractivity contribution is 0.143. The summed E-state index contributed by atoms with van der Waals surface area (Å²) >= 11 is 0. The van der Waals surface area contributed by atoms with Crippen molar-refractivity contribution in [3.63, 3.8) is 0 Å². The average molecular weight is 283 g/mol. The van der Waals surface area contributed by atoms with Gasteiger partial charge < -0.3 is 4.74 Å². The van der Waals surface area contributed by atoms with Gasteiger partial charge in [-0.3, -0.25) is 0 Å². The summed E-state index contributed by atoms with van der Waals surface area (Å²) in [5.41, 5.74) is 0. The Bertz CT molecular complexity index is 166. The van der Waals surface area contributed by atoms with Crippen LogP contribution in [0.4, 0.5) is 0 Å². The Morgan fingerprint density at radius 2 is 1.10 bits per heavy atom. The van der Waals surface area contributed by atoms with E-state index in [9.17, 15) is 0 Å². The van der Waals surface area contributed by atoms with Gasteiger partial charge in [-0.1, -0.05) is 70.4 Å². The zero-order valence-electron chi connectivity index (χ0n) is 14.2. The summed E-state index contributed by atoms with van der Waals surface area (Å²) in [6.45, 7) is 6.16. The van der Waals surface area contributed by atoms with Crippen molar-refractivity contribution in [3.05, 3.63) is 12.2 Å². The van der Waals surface area contributed by atoms with Crippen LogP contribution in [0.1, 0.15) is 97.3 Å². The molecule has 0 saturated heterocycles. The smallest absolute Gasteiger partial charge is 0.0465 e. The molecule has 0 amide bonds. The van der Waals surface area contributed by atoms with Gasteiger partial charge in [-0.15, -0.1) is 0 Å². The normalized spacial score (nSPS) is 11.5. The van der Waals surface area contributed by atoms with E-state index in [1.807, 2.05) is 0 Å². The predicted octanol–water partition coefficient (Wildman–Crippen LogP) is 6.67. The van der Waals surface area contributed by atoms with Gasteiger partial charge in [-0.05, 0) is 39.0 Å². The van der Waals surface area contributed by atoms with Gasteiger partial charge in [-0.2, -0.15) is 0 Å². The maximum absolute atomic E-state index is 5.33. The summed E-state index contributed by atoms with van der Waals surface area (Å²) in [5, 5.41) is 0. The van der Waals surface area contributed by atoms with Crippen molar-refractivity contribution < 1.29 is 4.74 Å². The Morgan fingerprint density at radius 3 is 1.65 bits per heavy atom. The van der Waals surface area contributed by atoms with Crippen LogP contribution >= 0.6 is 0 Å². The minimum Gasteiger partial charge on any atom is -0.382 e. The fourth-order valence-corrected chi connectivity index (χ4v) is 2.42. The van der Waals surface area contributed by atoms with Crippen LogP contribution in [0.25, 0.3) is 0 Å². The van der Waals surface area contributed by atoms with Gasteiger partial charge in [0.05, 0.1) is 0 Å². The molecule has 0 heterocycles. The molecule has 1 heteroatoms. The van der Waals surface area contributed by atoms with E-state index in [1.54, 1.807) is 0 Å². The molecule has 0 aromatic heterocycles. The van der Waals surface area contributed by atoms with E-state index in [1.165, 1.54) is 83.5 Å². The molecule has 0 radical (unpaired) electrons. The first-order valence-electron chi connectivity index (χ1n) is 9.14. The van der Waals surface area contributed by atoms with Crippen LogP contribution in [-0.4, -0.2) is 13.2 Å². The summed E-state index contributed by atoms with van der Waals surface area (Å²) in [6.07, 6.45) is 22.5. The fourth-order valence-electron chi connectivity index (χ4n) is 2.42. The van der Waals surface area contributed by atoms with Gasteiger partial charge in [0.15, 0.2) is 0 Å². The molecule has 0 aromatic carbocycles. The molecule has 0 N–H and O–H groups in total. The second-order valence-corrected chi connectivity index (χ2v) is 5.78. The molecule has 0 fully saturated rings. The van der Waals surface area contributed by atoms with E-state index in [0.29, 0.717) is 0 Å². The first-order chi connectivity index (χ1) is 9.91. The molecule has 1 nitrogen and oxygen atoms in total. The third-order valence-electron chi connectivity index (χ3n) is 3.75. The summed E-state index contributed by atoms with van der Waals surface area (Å²) in [4.78, 5) is 0. The number of rotatable bonds is 16. The number of allylic oxidation sites excluding steroid dienone is 2. The van der Waals surface area contributed by atoms with Gasteiger partial charge >= 0.3 is 0 Å². The number of unbranched alkanes of at least 4 members (excludes halogenated alkanes) is 11. The van der Waals surface area contributed by atoms with Crippen LogP contribution in [0, 0.1) is 0 Å². The number of ether oxygens (including phenoxy) is 1. The molecule has 0 aliphatic rings. The zero-order chi connectivity index (χ0) is 14.7. The van der Waals surface area contributed by atoms with E-state index < -0.39 is 0 Å². The highest BCUT2D eigenvalue weighted by Crippen LogP contribution is 2.09. The minimum atomic E-state index is 0.862. The molecule has 120 valence electrons. The number of hydrogen-bond acceptors (Lipinski definition) is 1. The minimum absolute atomic E-state index is 0.862. The molecule has 0 aromatic rings. The number of hydrogen-bond donors (Lipinski definition) is 0. The van der Waals surface area contributed by atoms with Crippen LogP contribution in [-0.2, 0) is 4.74 Å². The predicted molar refractivity (Wildman–Crippen MR) is 91.3 cm³/mol. The first-order valence-corrected chi connectivity index (χ1v) is 9.14. The van der Waals surface area contributed by atoms with Crippen LogP contribution in [0.2, 0.25) is 0 Å². The molecule has 0 aliphatic carbocycles. The van der Waals surface area contributed by atoms with Crippen molar-refractivity contribution in [2.24, 2.45) is 0 Å². The molecular weight excluding hydrogens is 244 g/mol. The van der Waals surface area contributed by atoms with Crippen LogP contribution < -0.4 is 0 Å². The first kappa shape index (κ1) is 19.7. The summed E-state index contributed by atoms with van der Waals surface area (Å²) in [6, 6.07) is 0. The van der Waals surface area contributed by atoms with Crippen molar-refractivity contribution in [1.29, 1.82) is 0 Å². The third kappa shape index (κ3) is 17.7. The fraction of sp³-hybridized carbons (Fsp3) is 0.895. The topological polar surface area (TPSA) is 9.23 Å². The molecule has 0 unspecified atom stereocenters. The molecule has 0 bridgehead atoms. The lowest BCUT2D eigenvalue weighted by Gasteiger charge is -2.00. The highest BCUT2D eigenvalue weighted by molar-refractivity contribution is 4.81. The summed E-state index contributed by atoms with van der Waals surface area (Å²) in [5.74, 6) is 0. The second kappa shape index (κ2) is 18.7. The van der Waals surface area contributed by atoms with Crippen LogP contribution in [0.5, 0.6) is 0 Å². The Labute approximate surface area is 128 Å². The Morgan fingerprint density at radius 1 is 0.600 bits per heavy atom. The Kier molecular flexibility index (Phi) is 18.4. The summed E-state index contributed by atoms with van der Waals surface area (Å²) < 4.78 is 5.33. The van der Waals surface area contributed by atoms with Gasteiger partial charge in [0, 0.05) is 13.2 Å². The van der Waals surface area contributed by atoms with Crippen molar-refractivity contribution in [2.45, 2.75) is 97.3 Å². The quantitative estimate of drug-likeness (QED) is 0.227. The largest absolute Gasteiger partial charge is 0.382 e. The molecule has 0 spiro atoms. The van der Waals surface area contributed by atoms with E-state index in [0.717, 1.165) is 13.2 Å². The Balaban J connectivity index is 3.01. The maximum Gasteiger partial charge on any atom is 0.0465 e. The lowest BCUT2D eigenvalue weighted by atomic mass is 10.1. The van der Waals surface area contributed by atoms with E-state index in [2.05, 4.69) is 26.0 Å². The third-order valence-corrected chi connectivity index (χ3v) is 3.75. The van der Waals surface area contributed by atoms with Crippen LogP contribution in [0.3, 0.4) is 0 Å². The van der Waals surface area contributed by atoms with Gasteiger partial charge in [0.25, 0.3) is 0 Å². The SMILES string of the molecule is CCCCCCCCC/C=C/CCCCCCOCC. The van der Waals surface area contributed by atoms with Gasteiger partial charge in [0.2, 0.25) is 0 Å². The highest BCUT2D eigenvalue weighted by atomic mass is 16.5. The van der Waals surface area contributed by atoms with Crippen molar-refractivity contribution in [3.8, 4) is 0 Å². The van der Waals surface area contributed by atoms with E-state index in [4.69, 9.17) is 4.74 Å². The molecular formula is C19H38O. The standard InChI is InChI=1S/C19H38O/c1-3-5-6-7-8-9-10-11-12-13-14-15-16-17-18-19-20-4-2/h12-13H,3-11,14-19H2,1-2H3/b13-12+. The zero-order valence-corrected chi connectivity index (χ0v) is 14.2. The van der Waals surface area contributed by atoms with Gasteiger partial charge in [-0.25, -0.2) is 0 Å². The van der Waals surface area contributed by atoms with E-state index in [-0.39, 0.29) is 0 Å². The maximum atomic E-state index is 5.33. The molecule has 0 atom stereocenters. The lowest BCUT2D eigenvalue weighted by Crippen LogP contribution is -1.92. The molecule has 0 aliphatic heterocycles.